The average Bonchev–Trinajstić information content (AvgIpc) is 3.69. The molecule has 556 valence electrons. The summed E-state index contributed by atoms with van der Waals surface area (Å²) in [6, 6.07) is 0. The average molecular weight is 1310 g/mol. The highest BCUT2D eigenvalue weighted by Gasteiger charge is 2.27. The van der Waals surface area contributed by atoms with Crippen molar-refractivity contribution >= 4 is 0 Å². The monoisotopic (exact) mass is 1310 g/mol. The molecule has 0 saturated heterocycles. The van der Waals surface area contributed by atoms with E-state index >= 15 is 0 Å². The van der Waals surface area contributed by atoms with Crippen molar-refractivity contribution in [2.24, 2.45) is 0 Å². The Morgan fingerprint density at radius 3 is 0.272 bits per heavy atom. The zero-order valence-electron chi connectivity index (χ0n) is 68.8. The Morgan fingerprint density at radius 2 is 0.174 bits per heavy atom. The molecule has 0 radical (unpaired) electrons. The van der Waals surface area contributed by atoms with Crippen molar-refractivity contribution in [3.05, 3.63) is 0 Å². The molecule has 0 aromatic rings. The van der Waals surface area contributed by atoms with Crippen molar-refractivity contribution in [3.63, 3.8) is 0 Å². The normalized spacial score (nSPS) is 13.2. The van der Waals surface area contributed by atoms with E-state index in [2.05, 4.69) is 140 Å². The summed E-state index contributed by atoms with van der Waals surface area (Å²) < 4.78 is 9.51. The molecule has 0 amide bonds. The molecular formula is C84H188N8+8. The Morgan fingerprint density at radius 1 is 0.0978 bits per heavy atom. The maximum atomic E-state index is 2.47. The van der Waals surface area contributed by atoms with E-state index in [4.69, 9.17) is 0 Å². The standard InChI is InChI=1S/C43H96N4.C41H92N4/c1-11-13-15-17-19-21-23-24-26-28-30-33-37-45(5,6)41-43-47(9,10)39-35-31-34-38-46(7,8)42-40-44(3,4)36-32-29-27-25-22-20-18-16-14-12-2;1-11-13-15-17-19-21-23-25-27-30-34-42(3,4)38-40-44(7,8)36-32-29-33-37-45(9,10)41-39-43(5,6)35-31-28-26-24-22-20-18-16-14-12-2/h11-43H2,1-10H3;11-41H2,1-10H3/q2*+4. The Balaban J connectivity index is 0. The maximum Gasteiger partial charge on any atom is 0.128 e. The van der Waals surface area contributed by atoms with Crippen LogP contribution in [0.3, 0.4) is 0 Å². The van der Waals surface area contributed by atoms with Gasteiger partial charge in [-0.1, -0.05) is 246 Å². The molecule has 0 N–H and O–H groups in total. The van der Waals surface area contributed by atoms with Gasteiger partial charge < -0.3 is 35.9 Å². The van der Waals surface area contributed by atoms with Crippen LogP contribution in [0.15, 0.2) is 0 Å². The zero-order valence-corrected chi connectivity index (χ0v) is 68.8. The first-order chi connectivity index (χ1) is 43.5. The minimum Gasteiger partial charge on any atom is -0.324 e. The first-order valence-corrected chi connectivity index (χ1v) is 42.0. The molecule has 0 spiro atoms. The molecule has 0 aliphatic rings. The van der Waals surface area contributed by atoms with Crippen LogP contribution in [0.2, 0.25) is 0 Å². The van der Waals surface area contributed by atoms with Gasteiger partial charge in [-0.2, -0.15) is 0 Å². The van der Waals surface area contributed by atoms with E-state index in [0.717, 1.165) is 0 Å². The van der Waals surface area contributed by atoms with E-state index < -0.39 is 0 Å². The highest BCUT2D eigenvalue weighted by Crippen LogP contribution is 2.19. The molecule has 0 aromatic heterocycles. The largest absolute Gasteiger partial charge is 0.324 e. The van der Waals surface area contributed by atoms with Crippen molar-refractivity contribution in [2.75, 3.05) is 217 Å². The summed E-state index contributed by atoms with van der Waals surface area (Å²) in [6.07, 6.45) is 68.6. The fraction of sp³-hybridized carbons (Fsp3) is 1.00. The third kappa shape index (κ3) is 68.2. The summed E-state index contributed by atoms with van der Waals surface area (Å²) in [5, 5.41) is 0. The highest BCUT2D eigenvalue weighted by atomic mass is 15.4. The van der Waals surface area contributed by atoms with Crippen LogP contribution in [0.25, 0.3) is 0 Å². The summed E-state index contributed by atoms with van der Waals surface area (Å²) in [5.74, 6) is 0. The summed E-state index contributed by atoms with van der Waals surface area (Å²) in [4.78, 5) is 0. The van der Waals surface area contributed by atoms with E-state index in [9.17, 15) is 0 Å². The minimum absolute atomic E-state index is 1.18. The lowest BCUT2D eigenvalue weighted by molar-refractivity contribution is -0.947. The van der Waals surface area contributed by atoms with Gasteiger partial charge in [-0.05, 0) is 89.9 Å². The predicted octanol–water partition coefficient (Wildman–Crippen LogP) is 21.4. The maximum absolute atomic E-state index is 2.47. The number of hydrogen-bond donors (Lipinski definition) is 0. The van der Waals surface area contributed by atoms with Gasteiger partial charge in [0.25, 0.3) is 0 Å². The SMILES string of the molecule is CCCCCCCCCCCCCC[N+](C)(C)CC[N+](C)(C)CCCCC[N+](C)(C)CC[N+](C)(C)CCCCCCCCCCCC.CCCCCCCCCCCC[N+](C)(C)CC[N+](C)(C)CCCCC[N+](C)(C)CC[N+](C)(C)CCCCCCCCCCCC. The minimum atomic E-state index is 1.18. The van der Waals surface area contributed by atoms with Crippen LogP contribution < -0.4 is 0 Å². The lowest BCUT2D eigenvalue weighted by atomic mass is 10.1. The van der Waals surface area contributed by atoms with Gasteiger partial charge in [-0.15, -0.1) is 0 Å². The van der Waals surface area contributed by atoms with Gasteiger partial charge in [0.15, 0.2) is 0 Å². The zero-order chi connectivity index (χ0) is 69.3. The van der Waals surface area contributed by atoms with Crippen molar-refractivity contribution in [1.29, 1.82) is 0 Å². The van der Waals surface area contributed by atoms with E-state index in [0.29, 0.717) is 0 Å². The lowest BCUT2D eigenvalue weighted by Gasteiger charge is -2.36. The number of hydrogen-bond acceptors (Lipinski definition) is 0. The van der Waals surface area contributed by atoms with Crippen molar-refractivity contribution in [2.45, 2.75) is 336 Å². The summed E-state index contributed by atoms with van der Waals surface area (Å²) in [5.41, 5.74) is 0. The van der Waals surface area contributed by atoms with Crippen LogP contribution in [-0.4, -0.2) is 253 Å². The van der Waals surface area contributed by atoms with Crippen molar-refractivity contribution in [3.8, 4) is 0 Å². The predicted molar refractivity (Wildman–Crippen MR) is 419 cm³/mol. The summed E-state index contributed by atoms with van der Waals surface area (Å²) in [7, 11) is 39.5. The number of unbranched alkanes of at least 4 members (excludes halogenated alkanes) is 42. The fourth-order valence-corrected chi connectivity index (χ4v) is 14.0. The van der Waals surface area contributed by atoms with Gasteiger partial charge in [-0.3, -0.25) is 0 Å². The van der Waals surface area contributed by atoms with Gasteiger partial charge >= 0.3 is 0 Å². The molecule has 0 saturated carbocycles. The Labute approximate surface area is 586 Å². The van der Waals surface area contributed by atoms with Crippen molar-refractivity contribution in [1.82, 2.24) is 0 Å². The second kappa shape index (κ2) is 58.5. The molecule has 0 bridgehead atoms. The first-order valence-electron chi connectivity index (χ1n) is 42.0. The molecule has 0 heterocycles. The summed E-state index contributed by atoms with van der Waals surface area (Å²) in [6.45, 7) is 30.4. The molecule has 0 rings (SSSR count). The Bertz CT molecular complexity index is 1480. The van der Waals surface area contributed by atoms with Crippen LogP contribution in [0.4, 0.5) is 0 Å². The van der Waals surface area contributed by atoms with Gasteiger partial charge in [0.05, 0.1) is 165 Å². The summed E-state index contributed by atoms with van der Waals surface area (Å²) >= 11 is 0. The number of nitrogens with zero attached hydrogens (tertiary/aromatic N) is 8. The molecule has 0 fully saturated rings. The number of quaternary nitrogens is 8. The second-order valence-electron chi connectivity index (χ2n) is 36.6. The fourth-order valence-electron chi connectivity index (χ4n) is 14.0. The van der Waals surface area contributed by atoms with Gasteiger partial charge in [0.2, 0.25) is 0 Å². The molecule has 0 aliphatic carbocycles. The first kappa shape index (κ1) is 93.7. The third-order valence-electron chi connectivity index (χ3n) is 22.3. The molecule has 0 unspecified atom stereocenters. The van der Waals surface area contributed by atoms with Gasteiger partial charge in [0.1, 0.15) is 52.4 Å². The molecule has 0 aromatic carbocycles. The topological polar surface area (TPSA) is 0 Å². The van der Waals surface area contributed by atoms with E-state index in [1.807, 2.05) is 0 Å². The molecule has 8 heteroatoms. The van der Waals surface area contributed by atoms with E-state index in [1.165, 1.54) is 449 Å². The van der Waals surface area contributed by atoms with E-state index in [-0.39, 0.29) is 0 Å². The van der Waals surface area contributed by atoms with Crippen LogP contribution in [0.5, 0.6) is 0 Å². The Hall–Kier alpha value is -0.320. The van der Waals surface area contributed by atoms with Crippen LogP contribution in [0.1, 0.15) is 336 Å². The quantitative estimate of drug-likeness (QED) is 0.0421. The van der Waals surface area contributed by atoms with Crippen LogP contribution in [0, 0.1) is 0 Å². The molecule has 92 heavy (non-hydrogen) atoms. The van der Waals surface area contributed by atoms with Gasteiger partial charge in [0, 0.05) is 0 Å². The second-order valence-corrected chi connectivity index (χ2v) is 36.6. The number of likely N-dealkylation sites (N-methyl/N-ethyl adjacent to an activating group) is 8. The molecular weight excluding hydrogens is 1120 g/mol. The highest BCUT2D eigenvalue weighted by molar-refractivity contribution is 4.55. The van der Waals surface area contributed by atoms with E-state index in [1.54, 1.807) is 0 Å². The van der Waals surface area contributed by atoms with Gasteiger partial charge in [-0.25, -0.2) is 0 Å². The van der Waals surface area contributed by atoms with Crippen LogP contribution >= 0.6 is 0 Å². The lowest BCUT2D eigenvalue weighted by Crippen LogP contribution is -2.51. The smallest absolute Gasteiger partial charge is 0.128 e. The molecule has 0 atom stereocenters. The van der Waals surface area contributed by atoms with Crippen LogP contribution in [-0.2, 0) is 0 Å². The molecule has 0 aliphatic heterocycles. The number of rotatable bonds is 70. The Kier molecular flexibility index (Phi) is 59.6. The van der Waals surface area contributed by atoms with Crippen molar-refractivity contribution < 1.29 is 35.9 Å². The molecule has 8 nitrogen and oxygen atoms in total. The third-order valence-corrected chi connectivity index (χ3v) is 22.3.